The molecule has 7 rings (SSSR count). The average molecular weight is 696 g/mol. The number of hydrogen-bond donors (Lipinski definition) is 2. The van der Waals surface area contributed by atoms with Crippen LogP contribution in [0.1, 0.15) is 50.5 Å². The average Bonchev–Trinajstić information content (AvgIpc) is 3.70. The molecule has 6 heterocycles. The van der Waals surface area contributed by atoms with Gasteiger partial charge in [0.25, 0.3) is 0 Å². The number of aryl methyl sites for hydroxylation is 1. The van der Waals surface area contributed by atoms with E-state index >= 15 is 0 Å². The number of rotatable bonds is 14. The molecule has 0 saturated carbocycles. The number of aromatic nitrogens is 4. The molecule has 3 aliphatic rings. The van der Waals surface area contributed by atoms with Crippen LogP contribution in [0.3, 0.4) is 0 Å². The van der Waals surface area contributed by atoms with E-state index in [9.17, 15) is 9.90 Å². The molecule has 0 amide bonds. The fourth-order valence-electron chi connectivity index (χ4n) is 7.78. The standard InChI is InChI=1S/C38H49N9O4/c1-26(2)32(25-48)36-20-27(43-51-36)6-5-13-44-14-16-45(17-15-44)18-19-50-37-21-28(11-12-40-37)47-29-9-10-30(47)24-46(23-29)34-22-33(41-42-38(34)39)31-7-3-4-8-35(31)49/h3-4,7-8,11-12,20-22,25-26,29-30,32,49H,5-6,9-10,13-19,23-24H2,1-2H3,(H2,39,42). The number of benzene rings is 1. The largest absolute Gasteiger partial charge is 0.507 e. The lowest BCUT2D eigenvalue weighted by atomic mass is 9.94. The topological polar surface area (TPSA) is 150 Å². The maximum atomic E-state index is 11.4. The summed E-state index contributed by atoms with van der Waals surface area (Å²) in [6.07, 6.45) is 6.86. The van der Waals surface area contributed by atoms with Gasteiger partial charge in [-0.25, -0.2) is 4.98 Å². The summed E-state index contributed by atoms with van der Waals surface area (Å²) in [6.45, 7) is 12.2. The van der Waals surface area contributed by atoms with Crippen LogP contribution >= 0.6 is 0 Å². The van der Waals surface area contributed by atoms with Crippen LogP contribution < -0.4 is 20.3 Å². The summed E-state index contributed by atoms with van der Waals surface area (Å²) in [5, 5.41) is 23.1. The molecule has 51 heavy (non-hydrogen) atoms. The number of ether oxygens (including phenoxy) is 1. The fourth-order valence-corrected chi connectivity index (χ4v) is 7.78. The van der Waals surface area contributed by atoms with E-state index in [4.69, 9.17) is 15.0 Å². The molecule has 3 saturated heterocycles. The van der Waals surface area contributed by atoms with Crippen LogP contribution in [0.5, 0.6) is 11.6 Å². The predicted octanol–water partition coefficient (Wildman–Crippen LogP) is 4.24. The summed E-state index contributed by atoms with van der Waals surface area (Å²) >= 11 is 0. The molecule has 1 aromatic carbocycles. The summed E-state index contributed by atoms with van der Waals surface area (Å²) in [4.78, 5) is 25.8. The van der Waals surface area contributed by atoms with Crippen molar-refractivity contribution in [1.82, 2.24) is 30.1 Å². The fraction of sp³-hybridized carbons (Fsp3) is 0.500. The van der Waals surface area contributed by atoms with Gasteiger partial charge in [-0.05, 0) is 62.4 Å². The van der Waals surface area contributed by atoms with Crippen molar-refractivity contribution >= 4 is 23.5 Å². The number of fused-ring (bicyclic) bond motifs is 2. The second-order valence-corrected chi connectivity index (χ2v) is 14.3. The van der Waals surface area contributed by atoms with E-state index in [0.717, 1.165) is 101 Å². The summed E-state index contributed by atoms with van der Waals surface area (Å²) < 4.78 is 11.7. The number of nitrogens with two attached hydrogens (primary N) is 1. The van der Waals surface area contributed by atoms with Gasteiger partial charge >= 0.3 is 0 Å². The van der Waals surface area contributed by atoms with Crippen molar-refractivity contribution in [1.29, 1.82) is 0 Å². The number of anilines is 3. The van der Waals surface area contributed by atoms with E-state index in [1.165, 1.54) is 0 Å². The van der Waals surface area contributed by atoms with E-state index in [1.807, 2.05) is 44.3 Å². The maximum absolute atomic E-state index is 11.4. The number of nitrogen functional groups attached to an aromatic ring is 1. The van der Waals surface area contributed by atoms with E-state index in [1.54, 1.807) is 12.1 Å². The number of hydrogen-bond acceptors (Lipinski definition) is 13. The number of carbonyl (C=O) groups excluding carboxylic acids is 1. The van der Waals surface area contributed by atoms with Gasteiger partial charge in [0.1, 0.15) is 24.4 Å². The van der Waals surface area contributed by atoms with Gasteiger partial charge in [-0.2, -0.15) is 0 Å². The number of phenolic OH excluding ortho intramolecular Hbond substituents is 1. The highest BCUT2D eigenvalue weighted by Gasteiger charge is 2.41. The van der Waals surface area contributed by atoms with Crippen LogP contribution in [0.25, 0.3) is 11.3 Å². The van der Waals surface area contributed by atoms with Crippen molar-refractivity contribution in [2.75, 3.05) is 74.5 Å². The molecule has 270 valence electrons. The number of piperazine rings is 2. The summed E-state index contributed by atoms with van der Waals surface area (Å²) in [6, 6.07) is 15.9. The molecule has 3 unspecified atom stereocenters. The first kappa shape index (κ1) is 34.7. The van der Waals surface area contributed by atoms with Crippen LogP contribution in [-0.4, -0.2) is 113 Å². The zero-order valence-electron chi connectivity index (χ0n) is 29.6. The van der Waals surface area contributed by atoms with Crippen LogP contribution in [0.2, 0.25) is 0 Å². The van der Waals surface area contributed by atoms with Gasteiger partial charge in [0, 0.05) is 87.5 Å². The number of carbonyl (C=O) groups is 1. The molecule has 3 aliphatic heterocycles. The highest BCUT2D eigenvalue weighted by atomic mass is 16.5. The SMILES string of the molecule is CC(C)C(C=O)c1cc(CCCN2CCN(CCOc3cc(N4C5CCC4CN(c4cc(-c6ccccc6O)nnc4N)C5)ccn3)CC2)no1. The number of nitrogens with zero attached hydrogens (tertiary/aromatic N) is 8. The highest BCUT2D eigenvalue weighted by molar-refractivity contribution is 5.74. The van der Waals surface area contributed by atoms with Crippen LogP contribution in [-0.2, 0) is 11.2 Å². The number of aldehydes is 1. The molecular weight excluding hydrogens is 646 g/mol. The van der Waals surface area contributed by atoms with E-state index < -0.39 is 0 Å². The zero-order chi connectivity index (χ0) is 35.3. The molecule has 3 N–H and O–H groups in total. The molecule has 3 fully saturated rings. The van der Waals surface area contributed by atoms with Gasteiger partial charge in [0.2, 0.25) is 5.88 Å². The highest BCUT2D eigenvalue weighted by Crippen LogP contribution is 2.39. The number of aromatic hydroxyl groups is 1. The minimum absolute atomic E-state index is 0.171. The first-order valence-corrected chi connectivity index (χ1v) is 18.3. The Labute approximate surface area is 299 Å². The Hall–Kier alpha value is -4.75. The normalized spacial score (nSPS) is 20.2. The first-order chi connectivity index (χ1) is 24.9. The summed E-state index contributed by atoms with van der Waals surface area (Å²) in [5.74, 6) is 1.87. The predicted molar refractivity (Wildman–Crippen MR) is 196 cm³/mol. The Balaban J connectivity index is 0.862. The smallest absolute Gasteiger partial charge is 0.215 e. The molecule has 0 aliphatic carbocycles. The quantitative estimate of drug-likeness (QED) is 0.181. The van der Waals surface area contributed by atoms with Gasteiger partial charge in [0.05, 0.1) is 23.0 Å². The van der Waals surface area contributed by atoms with Crippen molar-refractivity contribution in [2.24, 2.45) is 5.92 Å². The van der Waals surface area contributed by atoms with Gasteiger partial charge in [-0.3, -0.25) is 4.90 Å². The van der Waals surface area contributed by atoms with Gasteiger partial charge < -0.3 is 39.6 Å². The van der Waals surface area contributed by atoms with E-state index in [2.05, 4.69) is 52.1 Å². The zero-order valence-corrected chi connectivity index (χ0v) is 29.6. The summed E-state index contributed by atoms with van der Waals surface area (Å²) in [7, 11) is 0. The van der Waals surface area contributed by atoms with E-state index in [-0.39, 0.29) is 17.6 Å². The molecule has 2 bridgehead atoms. The monoisotopic (exact) mass is 695 g/mol. The number of para-hydroxylation sites is 1. The third-order valence-electron chi connectivity index (χ3n) is 10.6. The third-order valence-corrected chi connectivity index (χ3v) is 10.6. The van der Waals surface area contributed by atoms with E-state index in [0.29, 0.717) is 47.4 Å². The van der Waals surface area contributed by atoms with Crippen LogP contribution in [0.15, 0.2) is 59.3 Å². The van der Waals surface area contributed by atoms with Gasteiger partial charge in [-0.15, -0.1) is 10.2 Å². The summed E-state index contributed by atoms with van der Waals surface area (Å²) in [5.41, 5.74) is 10.5. The Bertz CT molecular complexity index is 1760. The Morgan fingerprint density at radius 3 is 2.47 bits per heavy atom. The van der Waals surface area contributed by atoms with Crippen LogP contribution in [0.4, 0.5) is 17.2 Å². The number of phenols is 1. The molecule has 13 heteroatoms. The third kappa shape index (κ3) is 7.94. The Kier molecular flexibility index (Phi) is 10.6. The second kappa shape index (κ2) is 15.6. The molecule has 4 aromatic rings. The molecule has 3 atom stereocenters. The van der Waals surface area contributed by atoms with Gasteiger partial charge in [-0.1, -0.05) is 31.1 Å². The maximum Gasteiger partial charge on any atom is 0.215 e. The van der Waals surface area contributed by atoms with Crippen molar-refractivity contribution in [3.05, 3.63) is 66.2 Å². The lowest BCUT2D eigenvalue weighted by Crippen LogP contribution is -2.54. The second-order valence-electron chi connectivity index (χ2n) is 14.3. The van der Waals surface area contributed by atoms with Crippen molar-refractivity contribution < 1.29 is 19.2 Å². The first-order valence-electron chi connectivity index (χ1n) is 18.3. The lowest BCUT2D eigenvalue weighted by Gasteiger charge is -2.43. The molecule has 3 aromatic heterocycles. The minimum Gasteiger partial charge on any atom is -0.507 e. The van der Waals surface area contributed by atoms with Crippen molar-refractivity contribution in [2.45, 2.75) is 57.5 Å². The molecule has 0 spiro atoms. The molecule has 0 radical (unpaired) electrons. The molecule has 13 nitrogen and oxygen atoms in total. The van der Waals surface area contributed by atoms with Gasteiger partial charge in [0.15, 0.2) is 5.82 Å². The minimum atomic E-state index is -0.231. The lowest BCUT2D eigenvalue weighted by molar-refractivity contribution is -0.110. The van der Waals surface area contributed by atoms with Crippen molar-refractivity contribution in [3.63, 3.8) is 0 Å². The number of pyridine rings is 1. The molecular formula is C38H49N9O4. The Morgan fingerprint density at radius 2 is 1.75 bits per heavy atom. The van der Waals surface area contributed by atoms with Crippen molar-refractivity contribution in [3.8, 4) is 22.9 Å². The van der Waals surface area contributed by atoms with Crippen LogP contribution in [0, 0.1) is 5.92 Å². The Morgan fingerprint density at radius 1 is 1.00 bits per heavy atom.